The van der Waals surface area contributed by atoms with Crippen molar-refractivity contribution >= 4 is 21.5 Å². The molecular formula is C41H30. The Hall–Kier alpha value is -4.94. The summed E-state index contributed by atoms with van der Waals surface area (Å²) < 4.78 is 0. The molecule has 41 heavy (non-hydrogen) atoms. The lowest BCUT2D eigenvalue weighted by atomic mass is 9.82. The smallest absolute Gasteiger partial charge is 0.0158 e. The molecule has 0 heterocycles. The summed E-state index contributed by atoms with van der Waals surface area (Å²) in [6, 6.07) is 53.7. The molecule has 0 saturated carbocycles. The number of fused-ring (bicyclic) bond motifs is 6. The lowest BCUT2D eigenvalue weighted by Crippen LogP contribution is -2.14. The van der Waals surface area contributed by atoms with Gasteiger partial charge in [-0.2, -0.15) is 0 Å². The van der Waals surface area contributed by atoms with Crippen LogP contribution in [0.4, 0.5) is 0 Å². The predicted octanol–water partition coefficient (Wildman–Crippen LogP) is 11.3. The molecule has 1 aliphatic rings. The minimum Gasteiger partial charge on any atom is -0.0619 e. The van der Waals surface area contributed by atoms with Crippen LogP contribution in [-0.2, 0) is 5.41 Å². The molecule has 0 spiro atoms. The monoisotopic (exact) mass is 522 g/mol. The molecule has 0 aromatic heterocycles. The highest BCUT2D eigenvalue weighted by atomic mass is 14.4. The van der Waals surface area contributed by atoms with Crippen molar-refractivity contribution in [3.05, 3.63) is 157 Å². The van der Waals surface area contributed by atoms with Crippen LogP contribution in [0, 0.1) is 0 Å². The maximum Gasteiger partial charge on any atom is 0.0158 e. The van der Waals surface area contributed by atoms with E-state index in [0.29, 0.717) is 0 Å². The zero-order valence-electron chi connectivity index (χ0n) is 23.4. The second-order valence-corrected chi connectivity index (χ2v) is 11.8. The Morgan fingerprint density at radius 2 is 0.878 bits per heavy atom. The van der Waals surface area contributed by atoms with Crippen LogP contribution in [0.25, 0.3) is 66.1 Å². The maximum absolute atomic E-state index is 2.39. The van der Waals surface area contributed by atoms with Crippen LogP contribution in [-0.4, -0.2) is 0 Å². The van der Waals surface area contributed by atoms with Crippen molar-refractivity contribution in [3.63, 3.8) is 0 Å². The van der Waals surface area contributed by atoms with Crippen LogP contribution in [0.2, 0.25) is 0 Å². The van der Waals surface area contributed by atoms with Crippen LogP contribution in [0.1, 0.15) is 25.0 Å². The first-order valence-electron chi connectivity index (χ1n) is 14.4. The lowest BCUT2D eigenvalue weighted by molar-refractivity contribution is 0.660. The second kappa shape index (κ2) is 9.04. The van der Waals surface area contributed by atoms with E-state index in [1.807, 2.05) is 0 Å². The summed E-state index contributed by atoms with van der Waals surface area (Å²) in [5.74, 6) is 0. The first-order chi connectivity index (χ1) is 20.1. The maximum atomic E-state index is 2.39. The summed E-state index contributed by atoms with van der Waals surface area (Å²) in [5.41, 5.74) is 13.0. The third-order valence-electron chi connectivity index (χ3n) is 9.05. The molecular weight excluding hydrogens is 492 g/mol. The molecule has 0 N–H and O–H groups in total. The summed E-state index contributed by atoms with van der Waals surface area (Å²) in [5, 5.41) is 5.16. The van der Waals surface area contributed by atoms with Gasteiger partial charge in [0.25, 0.3) is 0 Å². The van der Waals surface area contributed by atoms with E-state index in [-0.39, 0.29) is 5.41 Å². The van der Waals surface area contributed by atoms with E-state index in [9.17, 15) is 0 Å². The average Bonchev–Trinajstić information content (AvgIpc) is 3.26. The van der Waals surface area contributed by atoms with Gasteiger partial charge in [-0.05, 0) is 101 Å². The van der Waals surface area contributed by atoms with Crippen LogP contribution in [0.15, 0.2) is 146 Å². The Labute approximate surface area is 241 Å². The third-order valence-corrected chi connectivity index (χ3v) is 9.05. The molecule has 0 aliphatic heterocycles. The fourth-order valence-electron chi connectivity index (χ4n) is 6.85. The topological polar surface area (TPSA) is 0 Å². The van der Waals surface area contributed by atoms with E-state index in [0.717, 1.165) is 0 Å². The van der Waals surface area contributed by atoms with E-state index in [1.165, 1.54) is 77.2 Å². The quantitative estimate of drug-likeness (QED) is 0.202. The Balaban J connectivity index is 1.17. The molecule has 7 aromatic carbocycles. The first kappa shape index (κ1) is 23.9. The fourth-order valence-corrected chi connectivity index (χ4v) is 6.85. The van der Waals surface area contributed by atoms with Crippen molar-refractivity contribution in [2.24, 2.45) is 0 Å². The minimum atomic E-state index is 0.0304. The van der Waals surface area contributed by atoms with Gasteiger partial charge in [-0.15, -0.1) is 0 Å². The SMILES string of the molecule is CC1(C)c2ccccc2-c2cc(-c3cccc(-c4cccc(-c5ccc6c(ccc7ccccc76)c5)c4)c3)ccc21. The molecule has 194 valence electrons. The zero-order valence-corrected chi connectivity index (χ0v) is 23.4. The van der Waals surface area contributed by atoms with Gasteiger partial charge in [0.1, 0.15) is 0 Å². The largest absolute Gasteiger partial charge is 0.0619 e. The van der Waals surface area contributed by atoms with Crippen molar-refractivity contribution < 1.29 is 0 Å². The molecule has 7 aromatic rings. The molecule has 0 radical (unpaired) electrons. The van der Waals surface area contributed by atoms with E-state index in [2.05, 4.69) is 159 Å². The molecule has 8 rings (SSSR count). The van der Waals surface area contributed by atoms with Crippen LogP contribution in [0.3, 0.4) is 0 Å². The molecule has 1 aliphatic carbocycles. The Kier molecular flexibility index (Phi) is 5.27. The average molecular weight is 523 g/mol. The van der Waals surface area contributed by atoms with Gasteiger partial charge in [-0.1, -0.05) is 135 Å². The molecule has 0 nitrogen and oxygen atoms in total. The highest BCUT2D eigenvalue weighted by Gasteiger charge is 2.35. The van der Waals surface area contributed by atoms with E-state index in [1.54, 1.807) is 0 Å². The normalized spacial score (nSPS) is 13.3. The number of benzene rings is 7. The van der Waals surface area contributed by atoms with Gasteiger partial charge in [-0.3, -0.25) is 0 Å². The van der Waals surface area contributed by atoms with Crippen molar-refractivity contribution in [1.82, 2.24) is 0 Å². The highest BCUT2D eigenvalue weighted by molar-refractivity contribution is 6.08. The fraction of sp³-hybridized carbons (Fsp3) is 0.0732. The van der Waals surface area contributed by atoms with Gasteiger partial charge in [0, 0.05) is 5.41 Å². The molecule has 0 heteroatoms. The number of rotatable bonds is 3. The van der Waals surface area contributed by atoms with E-state index in [4.69, 9.17) is 0 Å². The predicted molar refractivity (Wildman–Crippen MR) is 175 cm³/mol. The molecule has 0 bridgehead atoms. The minimum absolute atomic E-state index is 0.0304. The standard InChI is InChI=1S/C41H30/c1-41(2)39-16-6-5-15-37(39)38-26-33(20-22-40(38)41)31-13-8-11-29(24-31)28-10-7-12-30(23-28)32-19-21-36-34(25-32)18-17-27-9-3-4-14-35(27)36/h3-26H,1-2H3. The van der Waals surface area contributed by atoms with Crippen molar-refractivity contribution in [1.29, 1.82) is 0 Å². The van der Waals surface area contributed by atoms with Gasteiger partial charge in [0.2, 0.25) is 0 Å². The Morgan fingerprint density at radius 3 is 1.63 bits per heavy atom. The second-order valence-electron chi connectivity index (χ2n) is 11.8. The molecule has 0 saturated heterocycles. The van der Waals surface area contributed by atoms with Crippen LogP contribution < -0.4 is 0 Å². The molecule has 0 amide bonds. The number of hydrogen-bond acceptors (Lipinski definition) is 0. The molecule has 0 fully saturated rings. The first-order valence-corrected chi connectivity index (χ1v) is 14.4. The summed E-state index contributed by atoms with van der Waals surface area (Å²) in [6.45, 7) is 4.67. The number of hydrogen-bond donors (Lipinski definition) is 0. The van der Waals surface area contributed by atoms with Crippen molar-refractivity contribution in [2.75, 3.05) is 0 Å². The summed E-state index contributed by atoms with van der Waals surface area (Å²) in [7, 11) is 0. The lowest BCUT2D eigenvalue weighted by Gasteiger charge is -2.21. The summed E-state index contributed by atoms with van der Waals surface area (Å²) >= 11 is 0. The van der Waals surface area contributed by atoms with Gasteiger partial charge in [0.05, 0.1) is 0 Å². The van der Waals surface area contributed by atoms with Gasteiger partial charge >= 0.3 is 0 Å². The Morgan fingerprint density at radius 1 is 0.341 bits per heavy atom. The van der Waals surface area contributed by atoms with Gasteiger partial charge < -0.3 is 0 Å². The van der Waals surface area contributed by atoms with Crippen molar-refractivity contribution in [3.8, 4) is 44.5 Å². The van der Waals surface area contributed by atoms with Gasteiger partial charge in [0.15, 0.2) is 0 Å². The molecule has 0 atom stereocenters. The van der Waals surface area contributed by atoms with Crippen molar-refractivity contribution in [2.45, 2.75) is 19.3 Å². The summed E-state index contributed by atoms with van der Waals surface area (Å²) in [4.78, 5) is 0. The van der Waals surface area contributed by atoms with E-state index >= 15 is 0 Å². The van der Waals surface area contributed by atoms with Crippen LogP contribution >= 0.6 is 0 Å². The third kappa shape index (κ3) is 3.83. The zero-order chi connectivity index (χ0) is 27.6. The van der Waals surface area contributed by atoms with E-state index < -0.39 is 0 Å². The van der Waals surface area contributed by atoms with Gasteiger partial charge in [-0.25, -0.2) is 0 Å². The summed E-state index contributed by atoms with van der Waals surface area (Å²) in [6.07, 6.45) is 0. The Bertz CT molecular complexity index is 2130. The van der Waals surface area contributed by atoms with Crippen LogP contribution in [0.5, 0.6) is 0 Å². The highest BCUT2D eigenvalue weighted by Crippen LogP contribution is 2.49. The molecule has 0 unspecified atom stereocenters.